The number of methoxy groups -OCH3 is 2. The molecular formula is C19H21NO4S. The van der Waals surface area contributed by atoms with Gasteiger partial charge in [0.15, 0.2) is 23.1 Å². The van der Waals surface area contributed by atoms with Crippen LogP contribution in [0.2, 0.25) is 0 Å². The molecule has 0 bridgehead atoms. The van der Waals surface area contributed by atoms with Crippen LogP contribution in [0.25, 0.3) is 0 Å². The highest BCUT2D eigenvalue weighted by Crippen LogP contribution is 2.47. The first kappa shape index (κ1) is 16.5. The number of benzene rings is 1. The summed E-state index contributed by atoms with van der Waals surface area (Å²) in [6.07, 6.45) is 0.864. The molecule has 6 heteroatoms. The summed E-state index contributed by atoms with van der Waals surface area (Å²) in [4.78, 5) is 27.5. The monoisotopic (exact) mass is 359 g/mol. The van der Waals surface area contributed by atoms with E-state index in [9.17, 15) is 9.59 Å². The van der Waals surface area contributed by atoms with Crippen LogP contribution in [0.4, 0.5) is 0 Å². The minimum atomic E-state index is -0.247. The number of nitrogens with zero attached hydrogens (tertiary/aromatic N) is 1. The summed E-state index contributed by atoms with van der Waals surface area (Å²) in [5.41, 5.74) is 3.68. The number of allylic oxidation sites excluding steroid dienone is 1. The molecule has 0 saturated carbocycles. The molecule has 132 valence electrons. The van der Waals surface area contributed by atoms with Gasteiger partial charge in [-0.25, -0.2) is 0 Å². The Balaban J connectivity index is 1.86. The Morgan fingerprint density at radius 3 is 2.56 bits per heavy atom. The lowest BCUT2D eigenvalue weighted by Gasteiger charge is -2.47. The largest absolute Gasteiger partial charge is 0.493 e. The second-order valence-electron chi connectivity index (χ2n) is 6.68. The SMILES string of the molecule is COc1cc2c(cc1OC)[C@H]1[C@H](C)C(=O)C3=C(CSCC3=O)N1CC2. The van der Waals surface area contributed by atoms with Crippen LogP contribution < -0.4 is 9.47 Å². The van der Waals surface area contributed by atoms with E-state index in [4.69, 9.17) is 9.47 Å². The van der Waals surface area contributed by atoms with E-state index in [2.05, 4.69) is 4.90 Å². The van der Waals surface area contributed by atoms with Crippen molar-refractivity contribution in [3.63, 3.8) is 0 Å². The third-order valence-corrected chi connectivity index (χ3v) is 6.39. The lowest BCUT2D eigenvalue weighted by molar-refractivity contribution is -0.125. The first-order valence-corrected chi connectivity index (χ1v) is 9.62. The number of carbonyl (C=O) groups is 2. The summed E-state index contributed by atoms with van der Waals surface area (Å²) in [6.45, 7) is 2.75. The smallest absolute Gasteiger partial charge is 0.178 e. The van der Waals surface area contributed by atoms with Crippen molar-refractivity contribution in [2.24, 2.45) is 5.92 Å². The Morgan fingerprint density at radius 1 is 1.12 bits per heavy atom. The van der Waals surface area contributed by atoms with Crippen molar-refractivity contribution in [2.45, 2.75) is 19.4 Å². The van der Waals surface area contributed by atoms with Crippen LogP contribution in [0, 0.1) is 5.92 Å². The number of hydrogen-bond donors (Lipinski definition) is 0. The van der Waals surface area contributed by atoms with E-state index in [1.165, 1.54) is 5.56 Å². The number of ketones is 2. The highest BCUT2D eigenvalue weighted by atomic mass is 32.2. The molecule has 0 aromatic heterocycles. The van der Waals surface area contributed by atoms with Crippen LogP contribution in [0.15, 0.2) is 23.4 Å². The standard InChI is InChI=1S/C19H21NO4S/c1-10-18-12-7-16(24-3)15(23-2)6-11(12)4-5-20(18)13-8-25-9-14(21)17(13)19(10)22/h6-7,10,18H,4-5,8-9H2,1-3H3/t10-,18+/m0/s1. The van der Waals surface area contributed by atoms with E-state index in [1.54, 1.807) is 26.0 Å². The van der Waals surface area contributed by atoms with Crippen LogP contribution in [0.5, 0.6) is 11.5 Å². The maximum Gasteiger partial charge on any atom is 0.178 e. The van der Waals surface area contributed by atoms with Gasteiger partial charge in [-0.05, 0) is 29.7 Å². The van der Waals surface area contributed by atoms with Gasteiger partial charge in [0.25, 0.3) is 0 Å². The normalized spacial score (nSPS) is 25.3. The molecule has 0 fully saturated rings. The molecule has 0 unspecified atom stereocenters. The van der Waals surface area contributed by atoms with Crippen molar-refractivity contribution >= 4 is 23.3 Å². The number of hydrogen-bond acceptors (Lipinski definition) is 6. The molecule has 3 aliphatic rings. The number of fused-ring (bicyclic) bond motifs is 4. The van der Waals surface area contributed by atoms with Crippen molar-refractivity contribution < 1.29 is 19.1 Å². The predicted molar refractivity (Wildman–Crippen MR) is 96.2 cm³/mol. The molecular weight excluding hydrogens is 338 g/mol. The fraction of sp³-hybridized carbons (Fsp3) is 0.474. The van der Waals surface area contributed by atoms with E-state index in [1.807, 2.05) is 19.1 Å². The van der Waals surface area contributed by atoms with Crippen LogP contribution in [0.3, 0.4) is 0 Å². The van der Waals surface area contributed by atoms with Crippen molar-refractivity contribution in [1.29, 1.82) is 0 Å². The number of thioether (sulfide) groups is 1. The van der Waals surface area contributed by atoms with E-state index in [0.717, 1.165) is 30.0 Å². The summed E-state index contributed by atoms with van der Waals surface area (Å²) in [5, 5.41) is 0. The van der Waals surface area contributed by atoms with Crippen molar-refractivity contribution in [1.82, 2.24) is 4.90 Å². The molecule has 25 heavy (non-hydrogen) atoms. The fourth-order valence-electron chi connectivity index (χ4n) is 4.24. The highest BCUT2D eigenvalue weighted by Gasteiger charge is 2.45. The van der Waals surface area contributed by atoms with Crippen LogP contribution in [-0.4, -0.2) is 48.7 Å². The molecule has 0 amide bonds. The number of rotatable bonds is 2. The molecule has 0 aliphatic carbocycles. The van der Waals surface area contributed by atoms with E-state index >= 15 is 0 Å². The van der Waals surface area contributed by atoms with Crippen molar-refractivity contribution in [2.75, 3.05) is 32.3 Å². The van der Waals surface area contributed by atoms with Gasteiger partial charge in [0.2, 0.25) is 0 Å². The van der Waals surface area contributed by atoms with Crippen LogP contribution >= 0.6 is 11.8 Å². The second-order valence-corrected chi connectivity index (χ2v) is 7.67. The van der Waals surface area contributed by atoms with Gasteiger partial charge in [0, 0.05) is 23.9 Å². The highest BCUT2D eigenvalue weighted by molar-refractivity contribution is 8.00. The average molecular weight is 359 g/mol. The van der Waals surface area contributed by atoms with Gasteiger partial charge in [0.05, 0.1) is 31.6 Å². The molecule has 1 aromatic carbocycles. The van der Waals surface area contributed by atoms with E-state index in [0.29, 0.717) is 22.8 Å². The number of ether oxygens (including phenoxy) is 2. The van der Waals surface area contributed by atoms with E-state index < -0.39 is 0 Å². The zero-order chi connectivity index (χ0) is 17.7. The number of carbonyl (C=O) groups excluding carboxylic acids is 2. The lowest BCUT2D eigenvalue weighted by Crippen LogP contribution is -2.48. The molecule has 3 aliphatic heterocycles. The molecule has 3 heterocycles. The molecule has 0 N–H and O–H groups in total. The lowest BCUT2D eigenvalue weighted by atomic mass is 9.77. The summed E-state index contributed by atoms with van der Waals surface area (Å²) in [5.74, 6) is 2.27. The Hall–Kier alpha value is -1.95. The molecule has 5 nitrogen and oxygen atoms in total. The average Bonchev–Trinajstić information content (AvgIpc) is 2.63. The van der Waals surface area contributed by atoms with Gasteiger partial charge in [-0.1, -0.05) is 6.92 Å². The molecule has 0 saturated heterocycles. The minimum Gasteiger partial charge on any atom is -0.493 e. The van der Waals surface area contributed by atoms with Crippen LogP contribution in [0.1, 0.15) is 24.1 Å². The van der Waals surface area contributed by atoms with Gasteiger partial charge in [-0.15, -0.1) is 11.8 Å². The third-order valence-electron chi connectivity index (χ3n) is 5.44. The first-order chi connectivity index (χ1) is 12.1. The Labute approximate surface area is 151 Å². The summed E-state index contributed by atoms with van der Waals surface area (Å²) >= 11 is 1.60. The van der Waals surface area contributed by atoms with Crippen molar-refractivity contribution in [3.05, 3.63) is 34.5 Å². The second kappa shape index (κ2) is 6.09. The van der Waals surface area contributed by atoms with E-state index in [-0.39, 0.29) is 23.5 Å². The molecule has 4 rings (SSSR count). The first-order valence-electron chi connectivity index (χ1n) is 8.46. The summed E-state index contributed by atoms with van der Waals surface area (Å²) < 4.78 is 10.9. The molecule has 2 atom stereocenters. The Bertz CT molecular complexity index is 801. The number of Topliss-reactive ketones (excluding diaryl/α,β-unsaturated/α-hetero) is 2. The van der Waals surface area contributed by atoms with Gasteiger partial charge >= 0.3 is 0 Å². The molecule has 0 radical (unpaired) electrons. The van der Waals surface area contributed by atoms with Gasteiger partial charge in [0.1, 0.15) is 0 Å². The quantitative estimate of drug-likeness (QED) is 0.756. The third kappa shape index (κ3) is 2.38. The summed E-state index contributed by atoms with van der Waals surface area (Å²) in [7, 11) is 3.26. The van der Waals surface area contributed by atoms with Crippen LogP contribution in [-0.2, 0) is 16.0 Å². The molecule has 0 spiro atoms. The summed E-state index contributed by atoms with van der Waals surface area (Å²) in [6, 6.07) is 3.98. The fourth-order valence-corrected chi connectivity index (χ4v) is 5.18. The zero-order valence-corrected chi connectivity index (χ0v) is 15.4. The molecule has 1 aromatic rings. The Kier molecular flexibility index (Phi) is 4.02. The Morgan fingerprint density at radius 2 is 1.84 bits per heavy atom. The maximum absolute atomic E-state index is 12.9. The topological polar surface area (TPSA) is 55.8 Å². The van der Waals surface area contributed by atoms with Crippen molar-refractivity contribution in [3.8, 4) is 11.5 Å². The minimum absolute atomic E-state index is 0.0100. The van der Waals surface area contributed by atoms with Gasteiger partial charge in [-0.3, -0.25) is 9.59 Å². The van der Waals surface area contributed by atoms with Gasteiger partial charge < -0.3 is 14.4 Å². The van der Waals surface area contributed by atoms with Gasteiger partial charge in [-0.2, -0.15) is 0 Å². The predicted octanol–water partition coefficient (Wildman–Crippen LogP) is 2.39. The maximum atomic E-state index is 12.9. The zero-order valence-electron chi connectivity index (χ0n) is 14.6.